The van der Waals surface area contributed by atoms with E-state index in [0.717, 1.165) is 6.42 Å². The molecule has 0 bridgehead atoms. The van der Waals surface area contributed by atoms with E-state index in [1.165, 1.54) is 16.7 Å². The highest BCUT2D eigenvalue weighted by Gasteiger charge is 2.12. The van der Waals surface area contributed by atoms with Crippen molar-refractivity contribution in [3.8, 4) is 0 Å². The maximum absolute atomic E-state index is 2.36. The Balaban J connectivity index is 2.99. The first-order valence-electron chi connectivity index (χ1n) is 5.88. The number of aryl methyl sites for hydroxylation is 1. The van der Waals surface area contributed by atoms with Crippen LogP contribution in [0.15, 0.2) is 18.2 Å². The van der Waals surface area contributed by atoms with Crippen LogP contribution in [0, 0.1) is 12.3 Å². The molecule has 15 heavy (non-hydrogen) atoms. The van der Waals surface area contributed by atoms with Crippen LogP contribution in [0.5, 0.6) is 0 Å². The van der Waals surface area contributed by atoms with Gasteiger partial charge in [-0.15, -0.1) is 0 Å². The Morgan fingerprint density at radius 1 is 1.07 bits per heavy atom. The molecule has 0 amide bonds. The topological polar surface area (TPSA) is 0 Å². The molecule has 0 aliphatic carbocycles. The molecule has 0 atom stereocenters. The fraction of sp³-hybridized carbons (Fsp3) is 0.600. The lowest BCUT2D eigenvalue weighted by atomic mass is 9.86. The molecule has 0 heterocycles. The van der Waals surface area contributed by atoms with Crippen LogP contribution in [0.2, 0.25) is 0 Å². The summed E-state index contributed by atoms with van der Waals surface area (Å²) in [6.45, 7) is 13.6. The van der Waals surface area contributed by atoms with Gasteiger partial charge in [0, 0.05) is 0 Å². The monoisotopic (exact) mass is 204 g/mol. The van der Waals surface area contributed by atoms with Crippen molar-refractivity contribution < 1.29 is 0 Å². The van der Waals surface area contributed by atoms with Crippen molar-refractivity contribution in [1.29, 1.82) is 0 Å². The smallest absolute Gasteiger partial charge is 0.0219 e. The highest BCUT2D eigenvalue weighted by molar-refractivity contribution is 5.31. The van der Waals surface area contributed by atoms with E-state index in [9.17, 15) is 0 Å². The lowest BCUT2D eigenvalue weighted by Crippen LogP contribution is -2.09. The SMILES string of the molecule is Cc1cc(CC(C)(C)C)cc(C(C)C)c1. The van der Waals surface area contributed by atoms with Crippen molar-refractivity contribution in [2.24, 2.45) is 5.41 Å². The lowest BCUT2D eigenvalue weighted by Gasteiger charge is -2.19. The summed E-state index contributed by atoms with van der Waals surface area (Å²) in [7, 11) is 0. The zero-order valence-electron chi connectivity index (χ0n) is 11.0. The highest BCUT2D eigenvalue weighted by Crippen LogP contribution is 2.24. The highest BCUT2D eigenvalue weighted by atomic mass is 14.2. The molecular formula is C15H24. The summed E-state index contributed by atoms with van der Waals surface area (Å²) in [5, 5.41) is 0. The molecular weight excluding hydrogens is 180 g/mol. The zero-order chi connectivity index (χ0) is 11.6. The summed E-state index contributed by atoms with van der Waals surface area (Å²) >= 11 is 0. The van der Waals surface area contributed by atoms with E-state index < -0.39 is 0 Å². The average Bonchev–Trinajstić information content (AvgIpc) is 1.99. The second-order valence-corrected chi connectivity index (χ2v) is 6.14. The molecule has 0 heteroatoms. The van der Waals surface area contributed by atoms with Crippen molar-refractivity contribution in [2.45, 2.75) is 53.9 Å². The quantitative estimate of drug-likeness (QED) is 0.654. The first-order valence-corrected chi connectivity index (χ1v) is 5.88. The van der Waals surface area contributed by atoms with Crippen LogP contribution < -0.4 is 0 Å². The molecule has 1 rings (SSSR count). The third-order valence-electron chi connectivity index (χ3n) is 2.56. The van der Waals surface area contributed by atoms with E-state index >= 15 is 0 Å². The Hall–Kier alpha value is -0.780. The second kappa shape index (κ2) is 4.38. The molecule has 0 unspecified atom stereocenters. The number of hydrogen-bond donors (Lipinski definition) is 0. The molecule has 0 N–H and O–H groups in total. The van der Waals surface area contributed by atoms with Gasteiger partial charge in [-0.3, -0.25) is 0 Å². The van der Waals surface area contributed by atoms with E-state index in [1.807, 2.05) is 0 Å². The summed E-state index contributed by atoms with van der Waals surface area (Å²) in [5.74, 6) is 0.628. The first-order chi connectivity index (χ1) is 6.78. The molecule has 1 aromatic carbocycles. The maximum atomic E-state index is 2.36. The van der Waals surface area contributed by atoms with E-state index in [1.54, 1.807) is 0 Å². The van der Waals surface area contributed by atoms with Gasteiger partial charge in [-0.2, -0.15) is 0 Å². The van der Waals surface area contributed by atoms with Crippen molar-refractivity contribution in [3.05, 3.63) is 34.9 Å². The molecule has 0 aliphatic rings. The molecule has 0 saturated carbocycles. The van der Waals surface area contributed by atoms with Crippen molar-refractivity contribution >= 4 is 0 Å². The van der Waals surface area contributed by atoms with Crippen LogP contribution in [0.3, 0.4) is 0 Å². The van der Waals surface area contributed by atoms with Crippen LogP contribution >= 0.6 is 0 Å². The minimum Gasteiger partial charge on any atom is -0.0599 e. The minimum atomic E-state index is 0.377. The van der Waals surface area contributed by atoms with Crippen LogP contribution in [0.25, 0.3) is 0 Å². The van der Waals surface area contributed by atoms with Crippen LogP contribution in [-0.4, -0.2) is 0 Å². The molecule has 0 aromatic heterocycles. The summed E-state index contributed by atoms with van der Waals surface area (Å²) < 4.78 is 0. The van der Waals surface area contributed by atoms with Gasteiger partial charge in [0.15, 0.2) is 0 Å². The largest absolute Gasteiger partial charge is 0.0599 e. The summed E-state index contributed by atoms with van der Waals surface area (Å²) in [6, 6.07) is 6.98. The third kappa shape index (κ3) is 4.07. The van der Waals surface area contributed by atoms with Crippen molar-refractivity contribution in [1.82, 2.24) is 0 Å². The Bertz CT molecular complexity index is 326. The molecule has 0 fully saturated rings. The summed E-state index contributed by atoms with van der Waals surface area (Å²) in [6.07, 6.45) is 1.16. The third-order valence-corrected chi connectivity index (χ3v) is 2.56. The number of hydrogen-bond acceptors (Lipinski definition) is 0. The number of rotatable bonds is 2. The van der Waals surface area contributed by atoms with Gasteiger partial charge in [0.2, 0.25) is 0 Å². The lowest BCUT2D eigenvalue weighted by molar-refractivity contribution is 0.411. The van der Waals surface area contributed by atoms with Gasteiger partial charge in [0.1, 0.15) is 0 Å². The first kappa shape index (κ1) is 12.3. The van der Waals surface area contributed by atoms with Crippen LogP contribution in [-0.2, 0) is 6.42 Å². The van der Waals surface area contributed by atoms with Crippen LogP contribution in [0.4, 0.5) is 0 Å². The molecule has 0 saturated heterocycles. The van der Waals surface area contributed by atoms with Gasteiger partial charge < -0.3 is 0 Å². The number of benzene rings is 1. The maximum Gasteiger partial charge on any atom is -0.0219 e. The fourth-order valence-electron chi connectivity index (χ4n) is 1.94. The van der Waals surface area contributed by atoms with Gasteiger partial charge in [-0.25, -0.2) is 0 Å². The Labute approximate surface area is 94.7 Å². The Kier molecular flexibility index (Phi) is 3.59. The van der Waals surface area contributed by atoms with Gasteiger partial charge in [0.25, 0.3) is 0 Å². The van der Waals surface area contributed by atoms with Gasteiger partial charge in [-0.1, -0.05) is 58.4 Å². The second-order valence-electron chi connectivity index (χ2n) is 6.14. The summed E-state index contributed by atoms with van der Waals surface area (Å²) in [5.41, 5.74) is 4.71. The van der Waals surface area contributed by atoms with Gasteiger partial charge in [0.05, 0.1) is 0 Å². The minimum absolute atomic E-state index is 0.377. The molecule has 0 spiro atoms. The predicted molar refractivity (Wildman–Crippen MR) is 68.4 cm³/mol. The van der Waals surface area contributed by atoms with Crippen molar-refractivity contribution in [3.63, 3.8) is 0 Å². The standard InChI is InChI=1S/C15H24/c1-11(2)14-8-12(3)7-13(9-14)10-15(4,5)6/h7-9,11H,10H2,1-6H3. The molecule has 1 aromatic rings. The van der Waals surface area contributed by atoms with E-state index in [-0.39, 0.29) is 0 Å². The van der Waals surface area contributed by atoms with E-state index in [2.05, 4.69) is 59.7 Å². The van der Waals surface area contributed by atoms with Crippen LogP contribution in [0.1, 0.15) is 57.2 Å². The Morgan fingerprint density at radius 3 is 2.13 bits per heavy atom. The zero-order valence-corrected chi connectivity index (χ0v) is 11.0. The molecule has 84 valence electrons. The van der Waals surface area contributed by atoms with Gasteiger partial charge >= 0.3 is 0 Å². The predicted octanol–water partition coefficient (Wildman–Crippen LogP) is 4.71. The van der Waals surface area contributed by atoms with Gasteiger partial charge in [-0.05, 0) is 35.8 Å². The van der Waals surface area contributed by atoms with E-state index in [4.69, 9.17) is 0 Å². The van der Waals surface area contributed by atoms with E-state index in [0.29, 0.717) is 11.3 Å². The summed E-state index contributed by atoms with van der Waals surface area (Å²) in [4.78, 5) is 0. The molecule has 0 nitrogen and oxygen atoms in total. The fourth-order valence-corrected chi connectivity index (χ4v) is 1.94. The average molecular weight is 204 g/mol. The molecule has 0 radical (unpaired) electrons. The molecule has 0 aliphatic heterocycles. The normalized spacial score (nSPS) is 12.2. The Morgan fingerprint density at radius 2 is 1.67 bits per heavy atom. The van der Waals surface area contributed by atoms with Crippen molar-refractivity contribution in [2.75, 3.05) is 0 Å².